The molecule has 0 amide bonds. The lowest BCUT2D eigenvalue weighted by Gasteiger charge is -2.35. The van der Waals surface area contributed by atoms with Crippen LogP contribution in [-0.2, 0) is 10.0 Å². The first-order valence-corrected chi connectivity index (χ1v) is 9.00. The number of benzene rings is 2. The van der Waals surface area contributed by atoms with E-state index in [2.05, 4.69) is 0 Å². The number of para-hydroxylation sites is 3. The molecule has 0 saturated heterocycles. The van der Waals surface area contributed by atoms with E-state index in [1.165, 1.54) is 4.31 Å². The molecule has 0 bridgehead atoms. The number of fused-ring (bicyclic) bond motifs is 1. The van der Waals surface area contributed by atoms with E-state index in [0.717, 1.165) is 0 Å². The molecule has 0 aromatic heterocycles. The lowest BCUT2D eigenvalue weighted by Crippen LogP contribution is -2.44. The zero-order valence-corrected chi connectivity index (χ0v) is 15.3. The number of hydrogen-bond acceptors (Lipinski definition) is 4. The molecule has 1 aliphatic heterocycles. The first-order chi connectivity index (χ1) is 11.0. The average molecular weight is 369 g/mol. The number of anilines is 2. The van der Waals surface area contributed by atoms with E-state index in [0.29, 0.717) is 30.1 Å². The summed E-state index contributed by atoms with van der Waals surface area (Å²) in [5.41, 5.74) is 0.290. The fourth-order valence-corrected chi connectivity index (χ4v) is 4.31. The van der Waals surface area contributed by atoms with Gasteiger partial charge in [0.15, 0.2) is 0 Å². The van der Waals surface area contributed by atoms with Crippen LogP contribution in [0.3, 0.4) is 0 Å². The minimum Gasteiger partial charge on any atom is -0.470 e. The first kappa shape index (κ1) is 18.6. The summed E-state index contributed by atoms with van der Waals surface area (Å²) in [5, 5.41) is 0. The van der Waals surface area contributed by atoms with Gasteiger partial charge in [-0.05, 0) is 38.4 Å². The Labute approximate surface area is 149 Å². The van der Waals surface area contributed by atoms with Crippen molar-refractivity contribution in [3.63, 3.8) is 0 Å². The maximum absolute atomic E-state index is 13.1. The summed E-state index contributed by atoms with van der Waals surface area (Å²) < 4.78 is 33.3. The molecule has 1 heterocycles. The van der Waals surface area contributed by atoms with Gasteiger partial charge < -0.3 is 9.64 Å². The summed E-state index contributed by atoms with van der Waals surface area (Å²) in [5.74, 6) is 0.593. The largest absolute Gasteiger partial charge is 0.470 e. The standard InChI is InChI=1S/C17H20N2O3S.ClH/c1-18(2)13-12-17-22-16-11-7-6-10-15(16)19(23(17,20)21)14-8-4-3-5-9-14;/h3-11,17H,12-13H2,1-2H3;1H. The molecule has 2 aromatic carbocycles. The maximum atomic E-state index is 13.1. The zero-order valence-electron chi connectivity index (χ0n) is 13.6. The molecule has 5 nitrogen and oxygen atoms in total. The maximum Gasteiger partial charge on any atom is 0.278 e. The van der Waals surface area contributed by atoms with Gasteiger partial charge in [-0.15, -0.1) is 12.4 Å². The average Bonchev–Trinajstić information content (AvgIpc) is 2.53. The van der Waals surface area contributed by atoms with Gasteiger partial charge in [0.05, 0.1) is 11.4 Å². The molecule has 7 heteroatoms. The summed E-state index contributed by atoms with van der Waals surface area (Å²) in [6, 6.07) is 16.4. The van der Waals surface area contributed by atoms with Crippen LogP contribution in [0.2, 0.25) is 0 Å². The molecule has 3 rings (SSSR count). The Morgan fingerprint density at radius 3 is 2.33 bits per heavy atom. The van der Waals surface area contributed by atoms with Gasteiger partial charge >= 0.3 is 0 Å². The molecule has 24 heavy (non-hydrogen) atoms. The minimum atomic E-state index is -3.64. The van der Waals surface area contributed by atoms with E-state index in [4.69, 9.17) is 4.74 Å². The van der Waals surface area contributed by atoms with Crippen LogP contribution in [0.25, 0.3) is 0 Å². The van der Waals surface area contributed by atoms with Crippen molar-refractivity contribution in [1.82, 2.24) is 4.90 Å². The third kappa shape index (κ3) is 3.50. The normalized spacial score (nSPS) is 18.5. The molecule has 1 atom stereocenters. The van der Waals surface area contributed by atoms with E-state index in [1.807, 2.05) is 55.4 Å². The van der Waals surface area contributed by atoms with Crippen molar-refractivity contribution in [3.8, 4) is 5.75 Å². The smallest absolute Gasteiger partial charge is 0.278 e. The van der Waals surface area contributed by atoms with Crippen molar-refractivity contribution in [2.24, 2.45) is 0 Å². The highest BCUT2D eigenvalue weighted by Gasteiger charge is 2.40. The predicted molar refractivity (Wildman–Crippen MR) is 98.8 cm³/mol. The molecule has 0 fully saturated rings. The first-order valence-electron chi connectivity index (χ1n) is 7.50. The molecule has 2 aromatic rings. The summed E-state index contributed by atoms with van der Waals surface area (Å²) in [6.45, 7) is 0.634. The Bertz CT molecular complexity index is 781. The van der Waals surface area contributed by atoms with Gasteiger partial charge in [0.25, 0.3) is 10.0 Å². The molecule has 0 aliphatic carbocycles. The second-order valence-electron chi connectivity index (χ2n) is 5.75. The molecular formula is C17H21ClN2O3S. The summed E-state index contributed by atoms with van der Waals surface area (Å²) >= 11 is 0. The molecule has 1 aliphatic rings. The Balaban J connectivity index is 0.00000208. The van der Waals surface area contributed by atoms with Crippen LogP contribution in [0.5, 0.6) is 5.75 Å². The molecule has 0 saturated carbocycles. The number of ether oxygens (including phenoxy) is 1. The van der Waals surface area contributed by atoms with Crippen molar-refractivity contribution < 1.29 is 13.2 Å². The van der Waals surface area contributed by atoms with E-state index >= 15 is 0 Å². The second kappa shape index (κ2) is 7.42. The summed E-state index contributed by atoms with van der Waals surface area (Å²) in [6.07, 6.45) is 0.410. The van der Waals surface area contributed by atoms with Crippen molar-refractivity contribution in [3.05, 3.63) is 54.6 Å². The Hall–Kier alpha value is -1.76. The molecular weight excluding hydrogens is 348 g/mol. The van der Waals surface area contributed by atoms with Crippen LogP contribution in [0.15, 0.2) is 54.6 Å². The lowest BCUT2D eigenvalue weighted by molar-refractivity contribution is 0.237. The minimum absolute atomic E-state index is 0. The van der Waals surface area contributed by atoms with E-state index in [1.54, 1.807) is 18.2 Å². The second-order valence-corrected chi connectivity index (χ2v) is 7.67. The Morgan fingerprint density at radius 2 is 1.67 bits per heavy atom. The van der Waals surface area contributed by atoms with E-state index in [9.17, 15) is 8.42 Å². The van der Waals surface area contributed by atoms with Crippen molar-refractivity contribution >= 4 is 33.8 Å². The topological polar surface area (TPSA) is 49.9 Å². The van der Waals surface area contributed by atoms with Gasteiger partial charge in [-0.1, -0.05) is 30.3 Å². The van der Waals surface area contributed by atoms with Crippen molar-refractivity contribution in [2.45, 2.75) is 11.9 Å². The highest BCUT2D eigenvalue weighted by Crippen LogP contribution is 2.42. The monoisotopic (exact) mass is 368 g/mol. The van der Waals surface area contributed by atoms with Gasteiger partial charge in [0.1, 0.15) is 5.75 Å². The third-order valence-corrected chi connectivity index (χ3v) is 5.64. The van der Waals surface area contributed by atoms with Gasteiger partial charge in [-0.2, -0.15) is 0 Å². The van der Waals surface area contributed by atoms with Crippen LogP contribution in [-0.4, -0.2) is 39.4 Å². The van der Waals surface area contributed by atoms with Gasteiger partial charge in [-0.25, -0.2) is 12.7 Å². The molecule has 1 unspecified atom stereocenters. The summed E-state index contributed by atoms with van der Waals surface area (Å²) in [7, 11) is 0.188. The molecule has 0 radical (unpaired) electrons. The predicted octanol–water partition coefficient (Wildman–Crippen LogP) is 3.25. The number of nitrogens with zero attached hydrogens (tertiary/aromatic N) is 2. The third-order valence-electron chi connectivity index (χ3n) is 3.73. The number of halogens is 1. The number of sulfonamides is 1. The molecule has 0 spiro atoms. The number of hydrogen-bond donors (Lipinski definition) is 0. The Morgan fingerprint density at radius 1 is 1.04 bits per heavy atom. The highest BCUT2D eigenvalue weighted by molar-refractivity contribution is 7.93. The van der Waals surface area contributed by atoms with E-state index in [-0.39, 0.29) is 12.4 Å². The van der Waals surface area contributed by atoms with Crippen LogP contribution >= 0.6 is 12.4 Å². The van der Waals surface area contributed by atoms with Crippen LogP contribution in [0.1, 0.15) is 6.42 Å². The highest BCUT2D eigenvalue weighted by atomic mass is 35.5. The van der Waals surface area contributed by atoms with Crippen LogP contribution < -0.4 is 9.04 Å². The van der Waals surface area contributed by atoms with Crippen LogP contribution in [0.4, 0.5) is 11.4 Å². The SMILES string of the molecule is CN(C)CCC1Oc2ccccc2N(c2ccccc2)S1(=O)=O.Cl. The number of rotatable bonds is 4. The van der Waals surface area contributed by atoms with E-state index < -0.39 is 15.5 Å². The van der Waals surface area contributed by atoms with Crippen molar-refractivity contribution in [2.75, 3.05) is 24.9 Å². The van der Waals surface area contributed by atoms with Crippen LogP contribution in [0, 0.1) is 0 Å². The fraction of sp³-hybridized carbons (Fsp3) is 0.294. The van der Waals surface area contributed by atoms with Gasteiger partial charge in [0.2, 0.25) is 5.44 Å². The quantitative estimate of drug-likeness (QED) is 0.831. The lowest BCUT2D eigenvalue weighted by atomic mass is 10.2. The van der Waals surface area contributed by atoms with Gasteiger partial charge in [0, 0.05) is 13.0 Å². The molecule has 0 N–H and O–H groups in total. The summed E-state index contributed by atoms with van der Waals surface area (Å²) in [4.78, 5) is 1.95. The Kier molecular flexibility index (Phi) is 5.74. The fourth-order valence-electron chi connectivity index (χ4n) is 2.60. The zero-order chi connectivity index (χ0) is 16.4. The van der Waals surface area contributed by atoms with Gasteiger partial charge in [-0.3, -0.25) is 0 Å². The molecule has 130 valence electrons. The van der Waals surface area contributed by atoms with Crippen molar-refractivity contribution in [1.29, 1.82) is 0 Å².